The van der Waals surface area contributed by atoms with Gasteiger partial charge in [0.25, 0.3) is 0 Å². The van der Waals surface area contributed by atoms with Crippen LogP contribution in [-0.2, 0) is 0 Å². The Morgan fingerprint density at radius 1 is 0.850 bits per heavy atom. The number of halogens is 3. The third-order valence-corrected chi connectivity index (χ3v) is 4.52. The summed E-state index contributed by atoms with van der Waals surface area (Å²) in [5.41, 5.74) is 4.65. The largest absolute Gasteiger partial charge is 0.244 e. The summed E-state index contributed by atoms with van der Waals surface area (Å²) in [4.78, 5) is 5.46. The number of aromatic nitrogens is 1. The Hall–Kier alpha value is -1.06. The minimum atomic E-state index is 0.622. The van der Waals surface area contributed by atoms with E-state index >= 15 is 0 Å². The molecule has 1 heterocycles. The van der Waals surface area contributed by atoms with Crippen LogP contribution in [0.1, 0.15) is 0 Å². The first kappa shape index (κ1) is 13.9. The van der Waals surface area contributed by atoms with Crippen molar-refractivity contribution < 1.29 is 0 Å². The quantitative estimate of drug-likeness (QED) is 0.523. The molecule has 0 fully saturated rings. The zero-order valence-corrected chi connectivity index (χ0v) is 13.2. The van der Waals surface area contributed by atoms with Crippen LogP contribution in [0.3, 0.4) is 0 Å². The number of rotatable bonds is 2. The van der Waals surface area contributed by atoms with Gasteiger partial charge in [-0.3, -0.25) is 0 Å². The van der Waals surface area contributed by atoms with Gasteiger partial charge >= 0.3 is 0 Å². The predicted molar refractivity (Wildman–Crippen MR) is 88.0 cm³/mol. The van der Waals surface area contributed by atoms with Crippen molar-refractivity contribution in [2.45, 2.75) is 0 Å². The Kier molecular flexibility index (Phi) is 3.99. The van der Waals surface area contributed by atoms with Crippen LogP contribution in [0.2, 0.25) is 15.1 Å². The third kappa shape index (κ3) is 2.70. The monoisotopic (exact) mass is 339 g/mol. The van der Waals surface area contributed by atoms with Crippen molar-refractivity contribution in [2.75, 3.05) is 0 Å². The van der Waals surface area contributed by atoms with Gasteiger partial charge in [-0.05, 0) is 24.3 Å². The Labute approximate surface area is 135 Å². The number of nitrogens with zero attached hydrogens (tertiary/aromatic N) is 1. The van der Waals surface area contributed by atoms with Crippen molar-refractivity contribution >= 4 is 46.1 Å². The normalized spacial score (nSPS) is 10.8. The van der Waals surface area contributed by atoms with Crippen LogP contribution in [0, 0.1) is 0 Å². The van der Waals surface area contributed by atoms with Crippen LogP contribution >= 0.6 is 46.1 Å². The standard InChI is InChI=1S/C15H8Cl3NS/c16-10-3-1-9(2-4-10)14-15(20-8-19-14)12-6-5-11(17)7-13(12)18/h1-8H. The van der Waals surface area contributed by atoms with Gasteiger partial charge in [0.1, 0.15) is 0 Å². The van der Waals surface area contributed by atoms with E-state index in [1.54, 1.807) is 17.4 Å². The highest BCUT2D eigenvalue weighted by Gasteiger charge is 2.13. The van der Waals surface area contributed by atoms with Crippen LogP contribution in [0.5, 0.6) is 0 Å². The van der Waals surface area contributed by atoms with Gasteiger partial charge in [-0.2, -0.15) is 0 Å². The maximum atomic E-state index is 6.28. The molecule has 0 aliphatic rings. The van der Waals surface area contributed by atoms with Gasteiger partial charge in [0.15, 0.2) is 0 Å². The minimum absolute atomic E-state index is 0.622. The van der Waals surface area contributed by atoms with Crippen LogP contribution in [0.25, 0.3) is 21.7 Å². The zero-order chi connectivity index (χ0) is 14.1. The molecule has 3 aromatic rings. The molecule has 0 atom stereocenters. The maximum absolute atomic E-state index is 6.28. The Balaban J connectivity index is 2.12. The SMILES string of the molecule is Clc1ccc(-c2ncsc2-c2ccc(Cl)cc2Cl)cc1. The summed E-state index contributed by atoms with van der Waals surface area (Å²) in [7, 11) is 0. The predicted octanol–water partition coefficient (Wildman–Crippen LogP) is 6.44. The van der Waals surface area contributed by atoms with Crippen LogP contribution < -0.4 is 0 Å². The lowest BCUT2D eigenvalue weighted by Gasteiger charge is -2.06. The molecule has 0 amide bonds. The van der Waals surface area contributed by atoms with E-state index in [4.69, 9.17) is 34.8 Å². The van der Waals surface area contributed by atoms with E-state index in [1.165, 1.54) is 0 Å². The summed E-state index contributed by atoms with van der Waals surface area (Å²) in [5.74, 6) is 0. The molecule has 0 saturated heterocycles. The van der Waals surface area contributed by atoms with Gasteiger partial charge in [-0.15, -0.1) is 11.3 Å². The summed E-state index contributed by atoms with van der Waals surface area (Å²) in [6.45, 7) is 0. The van der Waals surface area contributed by atoms with E-state index in [0.29, 0.717) is 15.1 Å². The molecule has 0 unspecified atom stereocenters. The average Bonchev–Trinajstić information content (AvgIpc) is 2.88. The molecule has 0 radical (unpaired) electrons. The van der Waals surface area contributed by atoms with Gasteiger partial charge in [-0.25, -0.2) is 4.98 Å². The maximum Gasteiger partial charge on any atom is 0.0890 e. The van der Waals surface area contributed by atoms with Crippen molar-refractivity contribution in [3.63, 3.8) is 0 Å². The van der Waals surface area contributed by atoms with Crippen molar-refractivity contribution in [3.05, 3.63) is 63.0 Å². The fourth-order valence-corrected chi connectivity index (χ4v) is 3.46. The van der Waals surface area contributed by atoms with E-state index in [1.807, 2.05) is 41.9 Å². The fraction of sp³-hybridized carbons (Fsp3) is 0. The molecule has 20 heavy (non-hydrogen) atoms. The number of hydrogen-bond donors (Lipinski definition) is 0. The van der Waals surface area contributed by atoms with Crippen molar-refractivity contribution in [3.8, 4) is 21.7 Å². The lowest BCUT2D eigenvalue weighted by atomic mass is 10.1. The summed E-state index contributed by atoms with van der Waals surface area (Å²) in [6, 6.07) is 13.1. The topological polar surface area (TPSA) is 12.9 Å². The van der Waals surface area contributed by atoms with Gasteiger partial charge in [0.2, 0.25) is 0 Å². The van der Waals surface area contributed by atoms with Gasteiger partial charge in [0.05, 0.1) is 21.1 Å². The van der Waals surface area contributed by atoms with Gasteiger partial charge in [-0.1, -0.05) is 53.0 Å². The summed E-state index contributed by atoms with van der Waals surface area (Å²) in [5, 5.41) is 1.95. The van der Waals surface area contributed by atoms with Crippen LogP contribution in [0.15, 0.2) is 48.0 Å². The van der Waals surface area contributed by atoms with Crippen LogP contribution in [0.4, 0.5) is 0 Å². The molecule has 0 N–H and O–H groups in total. The van der Waals surface area contributed by atoms with E-state index in [0.717, 1.165) is 21.7 Å². The summed E-state index contributed by atoms with van der Waals surface area (Å²) >= 11 is 19.7. The molecule has 0 spiro atoms. The molecule has 1 aromatic heterocycles. The lowest BCUT2D eigenvalue weighted by molar-refractivity contribution is 1.41. The number of benzene rings is 2. The molecule has 0 bridgehead atoms. The molecule has 0 aliphatic heterocycles. The third-order valence-electron chi connectivity index (χ3n) is 2.86. The molecular formula is C15H8Cl3NS. The first-order chi connectivity index (χ1) is 9.65. The molecule has 2 aromatic carbocycles. The highest BCUT2D eigenvalue weighted by atomic mass is 35.5. The first-order valence-corrected chi connectivity index (χ1v) is 7.81. The first-order valence-electron chi connectivity index (χ1n) is 5.80. The second-order valence-corrected chi connectivity index (χ2v) is 6.30. The number of hydrogen-bond acceptors (Lipinski definition) is 2. The lowest BCUT2D eigenvalue weighted by Crippen LogP contribution is -1.83. The highest BCUT2D eigenvalue weighted by molar-refractivity contribution is 7.13. The Bertz CT molecular complexity index is 750. The van der Waals surface area contributed by atoms with E-state index < -0.39 is 0 Å². The molecular weight excluding hydrogens is 333 g/mol. The molecule has 5 heteroatoms. The molecule has 1 nitrogen and oxygen atoms in total. The van der Waals surface area contributed by atoms with Crippen molar-refractivity contribution in [1.29, 1.82) is 0 Å². The molecule has 3 rings (SSSR count). The highest BCUT2D eigenvalue weighted by Crippen LogP contribution is 2.39. The zero-order valence-electron chi connectivity index (χ0n) is 10.1. The Morgan fingerprint density at radius 2 is 1.55 bits per heavy atom. The second kappa shape index (κ2) is 5.74. The molecule has 0 saturated carbocycles. The van der Waals surface area contributed by atoms with Gasteiger partial charge < -0.3 is 0 Å². The summed E-state index contributed by atoms with van der Waals surface area (Å²) < 4.78 is 0. The van der Waals surface area contributed by atoms with Crippen molar-refractivity contribution in [2.24, 2.45) is 0 Å². The second-order valence-electron chi connectivity index (χ2n) is 4.16. The molecule has 0 aliphatic carbocycles. The summed E-state index contributed by atoms with van der Waals surface area (Å²) in [6.07, 6.45) is 0. The average molecular weight is 341 g/mol. The van der Waals surface area contributed by atoms with E-state index in [-0.39, 0.29) is 0 Å². The fourth-order valence-electron chi connectivity index (χ4n) is 1.92. The Morgan fingerprint density at radius 3 is 2.25 bits per heavy atom. The van der Waals surface area contributed by atoms with E-state index in [2.05, 4.69) is 4.98 Å². The minimum Gasteiger partial charge on any atom is -0.244 e. The smallest absolute Gasteiger partial charge is 0.0890 e. The van der Waals surface area contributed by atoms with Gasteiger partial charge in [0, 0.05) is 21.2 Å². The number of thiazole rings is 1. The molecule has 100 valence electrons. The van der Waals surface area contributed by atoms with E-state index in [9.17, 15) is 0 Å². The van der Waals surface area contributed by atoms with Crippen LogP contribution in [-0.4, -0.2) is 4.98 Å². The van der Waals surface area contributed by atoms with Crippen molar-refractivity contribution in [1.82, 2.24) is 4.98 Å².